The van der Waals surface area contributed by atoms with Crippen LogP contribution in [0.5, 0.6) is 0 Å². The number of hydrogen-bond donors (Lipinski definition) is 0. The molecule has 0 amide bonds. The molecule has 4 aromatic rings. The fraction of sp³-hybridized carbons (Fsp3) is 0. The predicted molar refractivity (Wildman–Crippen MR) is 84.0 cm³/mol. The van der Waals surface area contributed by atoms with Gasteiger partial charge in [0.2, 0.25) is 5.43 Å². The fourth-order valence-corrected chi connectivity index (χ4v) is 2.52. The third kappa shape index (κ3) is 1.85. The van der Waals surface area contributed by atoms with Crippen LogP contribution in [0, 0.1) is 0 Å². The van der Waals surface area contributed by atoms with E-state index < -0.39 is 5.63 Å². The van der Waals surface area contributed by atoms with Gasteiger partial charge in [0.25, 0.3) is 0 Å². The van der Waals surface area contributed by atoms with E-state index in [4.69, 9.17) is 8.83 Å². The maximum Gasteiger partial charge on any atom is 0.344 e. The molecular weight excluding hydrogens is 280 g/mol. The number of benzene rings is 2. The van der Waals surface area contributed by atoms with E-state index in [1.54, 1.807) is 48.5 Å². The zero-order valence-corrected chi connectivity index (χ0v) is 11.4. The van der Waals surface area contributed by atoms with Gasteiger partial charge < -0.3 is 8.83 Å². The summed E-state index contributed by atoms with van der Waals surface area (Å²) in [5.74, 6) is 0.211. The third-order valence-corrected chi connectivity index (χ3v) is 3.62. The van der Waals surface area contributed by atoms with Crippen LogP contribution in [0.1, 0.15) is 0 Å². The van der Waals surface area contributed by atoms with Crippen molar-refractivity contribution in [1.82, 2.24) is 0 Å². The molecule has 0 atom stereocenters. The van der Waals surface area contributed by atoms with E-state index in [0.29, 0.717) is 16.4 Å². The van der Waals surface area contributed by atoms with Crippen molar-refractivity contribution in [3.63, 3.8) is 0 Å². The highest BCUT2D eigenvalue weighted by Crippen LogP contribution is 2.21. The van der Waals surface area contributed by atoms with Crippen LogP contribution < -0.4 is 11.1 Å². The van der Waals surface area contributed by atoms with Crippen LogP contribution in [-0.2, 0) is 0 Å². The summed E-state index contributed by atoms with van der Waals surface area (Å²) < 4.78 is 10.8. The van der Waals surface area contributed by atoms with Gasteiger partial charge in [0.1, 0.15) is 23.2 Å². The second kappa shape index (κ2) is 4.70. The van der Waals surface area contributed by atoms with Gasteiger partial charge >= 0.3 is 5.63 Å². The van der Waals surface area contributed by atoms with E-state index in [1.165, 1.54) is 6.26 Å². The summed E-state index contributed by atoms with van der Waals surface area (Å²) in [4.78, 5) is 24.6. The zero-order chi connectivity index (χ0) is 15.1. The summed E-state index contributed by atoms with van der Waals surface area (Å²) in [6, 6.07) is 15.7. The van der Waals surface area contributed by atoms with E-state index in [9.17, 15) is 9.59 Å². The highest BCUT2D eigenvalue weighted by atomic mass is 16.4. The van der Waals surface area contributed by atoms with E-state index in [1.807, 2.05) is 6.07 Å². The van der Waals surface area contributed by atoms with Gasteiger partial charge in [-0.3, -0.25) is 4.79 Å². The van der Waals surface area contributed by atoms with Crippen LogP contribution >= 0.6 is 0 Å². The molecule has 0 aliphatic carbocycles. The molecule has 0 saturated carbocycles. The van der Waals surface area contributed by atoms with Crippen molar-refractivity contribution in [3.8, 4) is 11.3 Å². The van der Waals surface area contributed by atoms with Crippen LogP contribution in [-0.4, -0.2) is 0 Å². The van der Waals surface area contributed by atoms with Gasteiger partial charge in [-0.25, -0.2) is 4.79 Å². The lowest BCUT2D eigenvalue weighted by atomic mass is 10.1. The zero-order valence-electron chi connectivity index (χ0n) is 11.4. The quantitative estimate of drug-likeness (QED) is 0.537. The molecule has 2 aromatic heterocycles. The minimum absolute atomic E-state index is 0.211. The Morgan fingerprint density at radius 2 is 1.55 bits per heavy atom. The van der Waals surface area contributed by atoms with E-state index in [0.717, 1.165) is 5.39 Å². The molecule has 22 heavy (non-hydrogen) atoms. The summed E-state index contributed by atoms with van der Waals surface area (Å²) in [5, 5.41) is 1.66. The average molecular weight is 290 g/mol. The van der Waals surface area contributed by atoms with E-state index in [2.05, 4.69) is 0 Å². The molecule has 106 valence electrons. The largest absolute Gasteiger partial charge is 0.463 e. The molecule has 0 N–H and O–H groups in total. The first-order valence-electron chi connectivity index (χ1n) is 6.78. The first kappa shape index (κ1) is 12.6. The van der Waals surface area contributed by atoms with Gasteiger partial charge in [-0.05, 0) is 29.7 Å². The maximum absolute atomic E-state index is 12.6. The molecule has 0 radical (unpaired) electrons. The smallest absolute Gasteiger partial charge is 0.344 e. The Morgan fingerprint density at radius 1 is 0.818 bits per heavy atom. The van der Waals surface area contributed by atoms with Crippen LogP contribution in [0.3, 0.4) is 0 Å². The van der Waals surface area contributed by atoms with Crippen LogP contribution in [0.15, 0.2) is 79.3 Å². The summed E-state index contributed by atoms with van der Waals surface area (Å²) in [5.41, 5.74) is 0.0434. The van der Waals surface area contributed by atoms with Crippen molar-refractivity contribution in [2.75, 3.05) is 0 Å². The molecule has 4 heteroatoms. The van der Waals surface area contributed by atoms with Crippen molar-refractivity contribution in [2.45, 2.75) is 0 Å². The second-order valence-corrected chi connectivity index (χ2v) is 4.96. The van der Waals surface area contributed by atoms with Gasteiger partial charge in [0.05, 0.1) is 10.8 Å². The van der Waals surface area contributed by atoms with E-state index >= 15 is 0 Å². The topological polar surface area (TPSA) is 60.4 Å². The Labute approximate surface area is 124 Å². The molecule has 0 bridgehead atoms. The number of rotatable bonds is 1. The molecule has 0 saturated heterocycles. The Bertz CT molecular complexity index is 1120. The molecule has 0 aliphatic rings. The standard InChI is InChI=1S/C18H10O4/c19-17-13-7-3-4-8-15(13)21-10-14(17)16-9-11-5-1-2-6-12(11)18(20)22-16/h1-10H. The third-order valence-electron chi connectivity index (χ3n) is 3.62. The molecule has 2 aromatic carbocycles. The Hall–Kier alpha value is -3.14. The summed E-state index contributed by atoms with van der Waals surface area (Å²) in [6.45, 7) is 0. The molecular formula is C18H10O4. The summed E-state index contributed by atoms with van der Waals surface area (Å²) in [6.07, 6.45) is 1.33. The normalized spacial score (nSPS) is 11.1. The van der Waals surface area contributed by atoms with Crippen molar-refractivity contribution >= 4 is 21.7 Å². The molecule has 0 unspecified atom stereocenters. The maximum atomic E-state index is 12.6. The van der Waals surface area contributed by atoms with E-state index in [-0.39, 0.29) is 16.8 Å². The lowest BCUT2D eigenvalue weighted by Gasteiger charge is -2.03. The minimum Gasteiger partial charge on any atom is -0.463 e. The minimum atomic E-state index is -0.472. The van der Waals surface area contributed by atoms with Crippen molar-refractivity contribution in [1.29, 1.82) is 0 Å². The first-order valence-corrected chi connectivity index (χ1v) is 6.78. The summed E-state index contributed by atoms with van der Waals surface area (Å²) >= 11 is 0. The lowest BCUT2D eigenvalue weighted by Crippen LogP contribution is -2.07. The molecule has 4 rings (SSSR count). The molecule has 4 nitrogen and oxygen atoms in total. The number of fused-ring (bicyclic) bond motifs is 2. The highest BCUT2D eigenvalue weighted by Gasteiger charge is 2.13. The Kier molecular flexibility index (Phi) is 2.69. The van der Waals surface area contributed by atoms with Gasteiger partial charge in [0.15, 0.2) is 0 Å². The molecule has 0 aliphatic heterocycles. The van der Waals surface area contributed by atoms with Crippen LogP contribution in [0.4, 0.5) is 0 Å². The molecule has 2 heterocycles. The SMILES string of the molecule is O=c1oc(-c2coc3ccccc3c2=O)cc2ccccc12. The van der Waals surface area contributed by atoms with Gasteiger partial charge in [0, 0.05) is 0 Å². The van der Waals surface area contributed by atoms with Gasteiger partial charge in [-0.1, -0.05) is 30.3 Å². The van der Waals surface area contributed by atoms with Gasteiger partial charge in [-0.15, -0.1) is 0 Å². The fourth-order valence-electron chi connectivity index (χ4n) is 2.52. The summed E-state index contributed by atoms with van der Waals surface area (Å²) in [7, 11) is 0. The van der Waals surface area contributed by atoms with Crippen LogP contribution in [0.25, 0.3) is 33.1 Å². The molecule has 0 fully saturated rings. The molecule has 0 spiro atoms. The lowest BCUT2D eigenvalue weighted by molar-refractivity contribution is 0.529. The average Bonchev–Trinajstić information content (AvgIpc) is 2.55. The number of para-hydroxylation sites is 1. The monoisotopic (exact) mass is 290 g/mol. The Balaban J connectivity index is 2.05. The second-order valence-electron chi connectivity index (χ2n) is 4.96. The van der Waals surface area contributed by atoms with Crippen LogP contribution in [0.2, 0.25) is 0 Å². The van der Waals surface area contributed by atoms with Gasteiger partial charge in [-0.2, -0.15) is 0 Å². The predicted octanol–water partition coefficient (Wildman–Crippen LogP) is 3.57. The van der Waals surface area contributed by atoms with Crippen molar-refractivity contribution in [3.05, 3.63) is 81.5 Å². The van der Waals surface area contributed by atoms with Crippen molar-refractivity contribution in [2.24, 2.45) is 0 Å². The highest BCUT2D eigenvalue weighted by molar-refractivity contribution is 5.85. The first-order chi connectivity index (χ1) is 10.7. The Morgan fingerprint density at radius 3 is 2.41 bits per heavy atom. The van der Waals surface area contributed by atoms with Crippen molar-refractivity contribution < 1.29 is 8.83 Å². The number of hydrogen-bond acceptors (Lipinski definition) is 4.